The minimum absolute atomic E-state index is 0.626. The number of benzene rings is 1. The van der Waals surface area contributed by atoms with Crippen LogP contribution in [0.2, 0.25) is 0 Å². The number of aromatic nitrogens is 6. The van der Waals surface area contributed by atoms with Gasteiger partial charge in [0, 0.05) is 13.2 Å². The van der Waals surface area contributed by atoms with E-state index >= 15 is 0 Å². The van der Waals surface area contributed by atoms with Crippen LogP contribution in [0.15, 0.2) is 24.8 Å². The number of ether oxygens (including phenoxy) is 1. The minimum atomic E-state index is 0.626. The van der Waals surface area contributed by atoms with Gasteiger partial charge in [0.1, 0.15) is 23.7 Å². The van der Waals surface area contributed by atoms with E-state index in [0.717, 1.165) is 41.9 Å². The summed E-state index contributed by atoms with van der Waals surface area (Å²) in [5.74, 6) is 0. The Kier molecular flexibility index (Phi) is 5.12. The Bertz CT molecular complexity index is 724. The fourth-order valence-corrected chi connectivity index (χ4v) is 2.26. The Labute approximate surface area is 133 Å². The molecule has 0 spiro atoms. The largest absolute Gasteiger partial charge is 0.381 e. The van der Waals surface area contributed by atoms with Gasteiger partial charge >= 0.3 is 0 Å². The predicted molar refractivity (Wildman–Crippen MR) is 86.4 cm³/mol. The Balaban J connectivity index is 1.64. The summed E-state index contributed by atoms with van der Waals surface area (Å²) in [7, 11) is 0. The smallest absolute Gasteiger partial charge is 0.136 e. The number of unbranched alkanes of at least 4 members (excludes halogenated alkanes) is 1. The molecule has 0 aliphatic rings. The van der Waals surface area contributed by atoms with Gasteiger partial charge in [-0.3, -0.25) is 4.57 Å². The minimum Gasteiger partial charge on any atom is -0.381 e. The molecule has 0 atom stereocenters. The van der Waals surface area contributed by atoms with Gasteiger partial charge in [0.15, 0.2) is 0 Å². The molecule has 3 aromatic rings. The van der Waals surface area contributed by atoms with E-state index in [1.165, 1.54) is 0 Å². The number of hydrogen-bond acceptors (Lipinski definition) is 7. The first kappa shape index (κ1) is 15.4. The van der Waals surface area contributed by atoms with Crippen molar-refractivity contribution in [3.05, 3.63) is 24.8 Å². The third-order valence-electron chi connectivity index (χ3n) is 3.43. The molecule has 0 amide bonds. The van der Waals surface area contributed by atoms with Crippen LogP contribution >= 0.6 is 0 Å². The van der Waals surface area contributed by atoms with Crippen LogP contribution < -0.4 is 11.1 Å². The summed E-state index contributed by atoms with van der Waals surface area (Å²) >= 11 is 0. The van der Waals surface area contributed by atoms with Crippen LogP contribution in [0.4, 0.5) is 5.69 Å². The molecule has 9 heteroatoms. The third kappa shape index (κ3) is 3.82. The fraction of sp³-hybridized carbons (Fsp3) is 0.429. The lowest BCUT2D eigenvalue weighted by Gasteiger charge is -2.10. The SMILES string of the molecule is NCCCCOCCNc1cc(-n2cnnc2)cc2n[nH]nc12. The van der Waals surface area contributed by atoms with Crippen molar-refractivity contribution in [1.82, 2.24) is 30.2 Å². The molecule has 0 saturated heterocycles. The molecule has 0 saturated carbocycles. The number of hydrogen-bond donors (Lipinski definition) is 3. The first-order valence-corrected chi connectivity index (χ1v) is 7.59. The molecule has 23 heavy (non-hydrogen) atoms. The van der Waals surface area contributed by atoms with Crippen LogP contribution in [-0.4, -0.2) is 56.5 Å². The number of rotatable bonds is 9. The van der Waals surface area contributed by atoms with Gasteiger partial charge in [0.25, 0.3) is 0 Å². The van der Waals surface area contributed by atoms with Crippen molar-refractivity contribution in [1.29, 1.82) is 0 Å². The van der Waals surface area contributed by atoms with Crippen LogP contribution in [0.25, 0.3) is 16.7 Å². The normalized spacial score (nSPS) is 11.2. The average molecular weight is 316 g/mol. The summed E-state index contributed by atoms with van der Waals surface area (Å²) in [6, 6.07) is 3.92. The van der Waals surface area contributed by atoms with Crippen molar-refractivity contribution >= 4 is 16.7 Å². The Morgan fingerprint density at radius 1 is 1.13 bits per heavy atom. The molecule has 9 nitrogen and oxygen atoms in total. The van der Waals surface area contributed by atoms with E-state index in [0.29, 0.717) is 19.7 Å². The molecule has 0 aliphatic heterocycles. The van der Waals surface area contributed by atoms with E-state index in [1.54, 1.807) is 12.7 Å². The lowest BCUT2D eigenvalue weighted by Crippen LogP contribution is -2.11. The zero-order chi connectivity index (χ0) is 15.9. The lowest BCUT2D eigenvalue weighted by atomic mass is 10.2. The summed E-state index contributed by atoms with van der Waals surface area (Å²) in [4.78, 5) is 0. The molecular formula is C14H20N8O. The van der Waals surface area contributed by atoms with Crippen molar-refractivity contribution in [3.63, 3.8) is 0 Å². The van der Waals surface area contributed by atoms with E-state index in [2.05, 4.69) is 30.9 Å². The summed E-state index contributed by atoms with van der Waals surface area (Å²) in [6.45, 7) is 2.76. The highest BCUT2D eigenvalue weighted by Crippen LogP contribution is 2.23. The zero-order valence-corrected chi connectivity index (χ0v) is 12.8. The molecule has 0 fully saturated rings. The maximum absolute atomic E-state index is 5.57. The number of anilines is 1. The van der Waals surface area contributed by atoms with E-state index in [4.69, 9.17) is 10.5 Å². The number of nitrogens with two attached hydrogens (primary N) is 1. The summed E-state index contributed by atoms with van der Waals surface area (Å²) < 4.78 is 7.39. The zero-order valence-electron chi connectivity index (χ0n) is 12.8. The average Bonchev–Trinajstić information content (AvgIpc) is 3.24. The quantitative estimate of drug-likeness (QED) is 0.497. The van der Waals surface area contributed by atoms with Gasteiger partial charge < -0.3 is 15.8 Å². The van der Waals surface area contributed by atoms with Crippen LogP contribution in [0, 0.1) is 0 Å². The van der Waals surface area contributed by atoms with Gasteiger partial charge in [-0.05, 0) is 31.5 Å². The highest BCUT2D eigenvalue weighted by Gasteiger charge is 2.09. The van der Waals surface area contributed by atoms with Crippen LogP contribution in [0.1, 0.15) is 12.8 Å². The maximum atomic E-state index is 5.57. The van der Waals surface area contributed by atoms with Gasteiger partial charge in [0.2, 0.25) is 0 Å². The van der Waals surface area contributed by atoms with Gasteiger partial charge in [-0.2, -0.15) is 15.4 Å². The summed E-state index contributed by atoms with van der Waals surface area (Å²) in [5.41, 5.74) is 8.84. The number of aromatic amines is 1. The second kappa shape index (κ2) is 7.65. The second-order valence-corrected chi connectivity index (χ2v) is 5.09. The van der Waals surface area contributed by atoms with Crippen molar-refractivity contribution in [2.45, 2.75) is 12.8 Å². The first-order chi connectivity index (χ1) is 11.4. The lowest BCUT2D eigenvalue weighted by molar-refractivity contribution is 0.140. The number of nitrogens with one attached hydrogen (secondary N) is 2. The van der Waals surface area contributed by atoms with Crippen LogP contribution in [-0.2, 0) is 4.74 Å². The number of nitrogens with zero attached hydrogens (tertiary/aromatic N) is 5. The van der Waals surface area contributed by atoms with Gasteiger partial charge in [0.05, 0.1) is 18.0 Å². The monoisotopic (exact) mass is 316 g/mol. The molecule has 2 aromatic heterocycles. The molecular weight excluding hydrogens is 296 g/mol. The Morgan fingerprint density at radius 2 is 2.00 bits per heavy atom. The van der Waals surface area contributed by atoms with Gasteiger partial charge in [-0.1, -0.05) is 0 Å². The Morgan fingerprint density at radius 3 is 2.83 bits per heavy atom. The molecule has 1 aromatic carbocycles. The van der Waals surface area contributed by atoms with E-state index in [9.17, 15) is 0 Å². The standard InChI is InChI=1S/C14H20N8O/c15-3-1-2-5-23-6-4-16-12-7-11(22-9-17-18-10-22)8-13-14(12)20-21-19-13/h7-10,16H,1-6,15H2,(H,19,20,21). The molecule has 0 radical (unpaired) electrons. The van der Waals surface area contributed by atoms with Crippen molar-refractivity contribution in [3.8, 4) is 5.69 Å². The van der Waals surface area contributed by atoms with Crippen molar-refractivity contribution in [2.75, 3.05) is 31.6 Å². The molecule has 122 valence electrons. The van der Waals surface area contributed by atoms with Gasteiger partial charge in [-0.25, -0.2) is 0 Å². The molecule has 2 heterocycles. The molecule has 4 N–H and O–H groups in total. The summed E-state index contributed by atoms with van der Waals surface area (Å²) in [6.07, 6.45) is 5.28. The maximum Gasteiger partial charge on any atom is 0.136 e. The Hall–Kier alpha value is -2.52. The van der Waals surface area contributed by atoms with Crippen LogP contribution in [0.3, 0.4) is 0 Å². The van der Waals surface area contributed by atoms with Crippen molar-refractivity contribution < 1.29 is 4.74 Å². The van der Waals surface area contributed by atoms with Gasteiger partial charge in [-0.15, -0.1) is 10.2 Å². The first-order valence-electron chi connectivity index (χ1n) is 7.59. The van der Waals surface area contributed by atoms with E-state index < -0.39 is 0 Å². The molecule has 0 unspecified atom stereocenters. The highest BCUT2D eigenvalue weighted by atomic mass is 16.5. The second-order valence-electron chi connectivity index (χ2n) is 5.09. The fourth-order valence-electron chi connectivity index (χ4n) is 2.26. The highest BCUT2D eigenvalue weighted by molar-refractivity contribution is 5.89. The van der Waals surface area contributed by atoms with Crippen LogP contribution in [0.5, 0.6) is 0 Å². The van der Waals surface area contributed by atoms with E-state index in [-0.39, 0.29) is 0 Å². The van der Waals surface area contributed by atoms with Crippen molar-refractivity contribution in [2.24, 2.45) is 5.73 Å². The third-order valence-corrected chi connectivity index (χ3v) is 3.43. The number of fused-ring (bicyclic) bond motifs is 1. The molecule has 3 rings (SSSR count). The summed E-state index contributed by atoms with van der Waals surface area (Å²) in [5, 5.41) is 22.0. The molecule has 0 bridgehead atoms. The molecule has 0 aliphatic carbocycles. The topological polar surface area (TPSA) is 120 Å². The number of H-pyrrole nitrogens is 1. The predicted octanol–water partition coefficient (Wildman–Crippen LogP) is 0.706. The van der Waals surface area contributed by atoms with E-state index in [1.807, 2.05) is 16.7 Å².